The molecule has 1 nitrogen and oxygen atoms in total. The van der Waals surface area contributed by atoms with Gasteiger partial charge in [0.25, 0.3) is 0 Å². The number of rotatable bonds is 3. The zero-order valence-corrected chi connectivity index (χ0v) is 12.4. The Bertz CT molecular complexity index is 488. The van der Waals surface area contributed by atoms with Crippen LogP contribution in [0.25, 0.3) is 0 Å². The van der Waals surface area contributed by atoms with E-state index >= 15 is 0 Å². The molecule has 0 radical (unpaired) electrons. The van der Waals surface area contributed by atoms with Crippen LogP contribution in [0, 0.1) is 0 Å². The molecule has 0 atom stereocenters. The fraction of sp³-hybridized carbons (Fsp3) is 0.333. The third kappa shape index (κ3) is 2.50. The van der Waals surface area contributed by atoms with E-state index in [1.54, 1.807) is 0 Å². The Hall–Kier alpha value is -1.25. The number of nitrogens with one attached hydrogen (secondary N) is 1. The SMILES string of the molecule is [S-]NC1CCC(c2ccccc2)(c2ccccc2)CC1. The van der Waals surface area contributed by atoms with Gasteiger partial charge in [0.1, 0.15) is 0 Å². The van der Waals surface area contributed by atoms with Gasteiger partial charge in [0, 0.05) is 5.41 Å². The third-order valence-corrected chi connectivity index (χ3v) is 4.99. The van der Waals surface area contributed by atoms with Gasteiger partial charge in [-0.05, 0) is 42.9 Å². The molecular formula is C18H20NS-. The van der Waals surface area contributed by atoms with Gasteiger partial charge in [-0.3, -0.25) is 0 Å². The summed E-state index contributed by atoms with van der Waals surface area (Å²) in [7, 11) is 0. The summed E-state index contributed by atoms with van der Waals surface area (Å²) in [6.45, 7) is 0. The van der Waals surface area contributed by atoms with E-state index in [-0.39, 0.29) is 5.41 Å². The van der Waals surface area contributed by atoms with Crippen LogP contribution in [0.2, 0.25) is 0 Å². The van der Waals surface area contributed by atoms with Crippen molar-refractivity contribution in [3.8, 4) is 0 Å². The van der Waals surface area contributed by atoms with Crippen molar-refractivity contribution in [2.75, 3.05) is 0 Å². The zero-order chi connectivity index (χ0) is 13.8. The molecule has 0 heterocycles. The molecule has 0 aromatic heterocycles. The van der Waals surface area contributed by atoms with E-state index in [2.05, 4.69) is 65.4 Å². The standard InChI is InChI=1S/C18H20NS/c20-19-17-11-13-18(14-12-17,15-7-3-1-4-8-15)16-9-5-2-6-10-16/h1-10,17,19H,11-14H2/q-1. The maximum atomic E-state index is 5.03. The predicted octanol–water partition coefficient (Wildman–Crippen LogP) is 3.97. The Morgan fingerprint density at radius 3 is 1.65 bits per heavy atom. The van der Waals surface area contributed by atoms with Crippen molar-refractivity contribution in [1.29, 1.82) is 0 Å². The quantitative estimate of drug-likeness (QED) is 0.855. The summed E-state index contributed by atoms with van der Waals surface area (Å²) in [5.41, 5.74) is 3.04. The second-order valence-corrected chi connectivity index (χ2v) is 5.94. The molecule has 2 aromatic carbocycles. The lowest BCUT2D eigenvalue weighted by molar-refractivity contribution is 0.306. The summed E-state index contributed by atoms with van der Waals surface area (Å²) >= 11 is 5.03. The second-order valence-electron chi connectivity index (χ2n) is 5.71. The van der Waals surface area contributed by atoms with Gasteiger partial charge in [0.15, 0.2) is 0 Å². The largest absolute Gasteiger partial charge is 0.705 e. The van der Waals surface area contributed by atoms with Crippen molar-refractivity contribution in [2.24, 2.45) is 0 Å². The third-order valence-electron chi connectivity index (χ3n) is 4.66. The fourth-order valence-corrected chi connectivity index (χ4v) is 3.72. The van der Waals surface area contributed by atoms with E-state index in [1.807, 2.05) is 0 Å². The van der Waals surface area contributed by atoms with Crippen LogP contribution in [-0.2, 0) is 18.2 Å². The molecule has 1 aliphatic carbocycles. The molecule has 0 bridgehead atoms. The first kappa shape index (κ1) is 13.7. The van der Waals surface area contributed by atoms with Gasteiger partial charge < -0.3 is 17.5 Å². The number of hydrogen-bond acceptors (Lipinski definition) is 2. The molecule has 2 heteroatoms. The molecule has 3 rings (SSSR count). The van der Waals surface area contributed by atoms with Gasteiger partial charge in [-0.1, -0.05) is 60.7 Å². The van der Waals surface area contributed by atoms with E-state index in [9.17, 15) is 0 Å². The monoisotopic (exact) mass is 282 g/mol. The van der Waals surface area contributed by atoms with E-state index in [0.29, 0.717) is 6.04 Å². The van der Waals surface area contributed by atoms with Gasteiger partial charge >= 0.3 is 0 Å². The Balaban J connectivity index is 2.01. The summed E-state index contributed by atoms with van der Waals surface area (Å²) < 4.78 is 3.03. The van der Waals surface area contributed by atoms with Gasteiger partial charge in [0.05, 0.1) is 0 Å². The summed E-state index contributed by atoms with van der Waals surface area (Å²) in [5, 5.41) is 0. The Morgan fingerprint density at radius 2 is 1.25 bits per heavy atom. The highest BCUT2D eigenvalue weighted by atomic mass is 32.1. The smallest absolute Gasteiger partial charge is 0.0204 e. The minimum absolute atomic E-state index is 0.158. The van der Waals surface area contributed by atoms with E-state index in [1.165, 1.54) is 11.1 Å². The number of benzene rings is 2. The molecule has 0 unspecified atom stereocenters. The normalized spacial score (nSPS) is 18.9. The minimum Gasteiger partial charge on any atom is -0.705 e. The van der Waals surface area contributed by atoms with Crippen molar-refractivity contribution in [3.63, 3.8) is 0 Å². The topological polar surface area (TPSA) is 12.0 Å². The molecule has 0 amide bonds. The fourth-order valence-electron chi connectivity index (χ4n) is 3.49. The molecule has 1 saturated carbocycles. The van der Waals surface area contributed by atoms with Crippen LogP contribution in [0.1, 0.15) is 36.8 Å². The van der Waals surface area contributed by atoms with Crippen molar-refractivity contribution in [3.05, 3.63) is 71.8 Å². The number of hydrogen-bond donors (Lipinski definition) is 1. The van der Waals surface area contributed by atoms with Crippen LogP contribution in [-0.4, -0.2) is 6.04 Å². The molecule has 0 saturated heterocycles. The van der Waals surface area contributed by atoms with Gasteiger partial charge in [-0.25, -0.2) is 0 Å². The van der Waals surface area contributed by atoms with Crippen LogP contribution in [0.4, 0.5) is 0 Å². The Morgan fingerprint density at radius 1 is 0.800 bits per heavy atom. The van der Waals surface area contributed by atoms with E-state index in [4.69, 9.17) is 12.8 Å². The average Bonchev–Trinajstić information content (AvgIpc) is 2.56. The predicted molar refractivity (Wildman–Crippen MR) is 86.4 cm³/mol. The molecule has 1 aliphatic rings. The van der Waals surface area contributed by atoms with Gasteiger partial charge in [-0.15, -0.1) is 0 Å². The summed E-state index contributed by atoms with van der Waals surface area (Å²) in [6, 6.07) is 22.4. The highest BCUT2D eigenvalue weighted by Gasteiger charge is 2.37. The lowest BCUT2D eigenvalue weighted by Gasteiger charge is -2.42. The summed E-state index contributed by atoms with van der Waals surface area (Å²) in [4.78, 5) is 0. The first-order valence-corrected chi connectivity index (χ1v) is 7.75. The average molecular weight is 282 g/mol. The minimum atomic E-state index is 0.158. The molecule has 20 heavy (non-hydrogen) atoms. The van der Waals surface area contributed by atoms with E-state index < -0.39 is 0 Å². The maximum absolute atomic E-state index is 5.03. The molecule has 0 aliphatic heterocycles. The van der Waals surface area contributed by atoms with Crippen LogP contribution < -0.4 is 4.72 Å². The van der Waals surface area contributed by atoms with E-state index in [0.717, 1.165) is 25.7 Å². The maximum Gasteiger partial charge on any atom is 0.0204 e. The highest BCUT2D eigenvalue weighted by molar-refractivity contribution is 7.56. The van der Waals surface area contributed by atoms with Crippen molar-refractivity contribution in [1.82, 2.24) is 4.72 Å². The molecule has 1 fully saturated rings. The summed E-state index contributed by atoms with van der Waals surface area (Å²) in [5.74, 6) is 0. The molecule has 104 valence electrons. The molecule has 2 aromatic rings. The van der Waals surface area contributed by atoms with Gasteiger partial charge in [-0.2, -0.15) is 0 Å². The molecular weight excluding hydrogens is 262 g/mol. The first-order chi connectivity index (χ1) is 9.85. The molecule has 0 spiro atoms. The van der Waals surface area contributed by atoms with Gasteiger partial charge in [0.2, 0.25) is 0 Å². The van der Waals surface area contributed by atoms with Crippen LogP contribution in [0.15, 0.2) is 60.7 Å². The van der Waals surface area contributed by atoms with Crippen molar-refractivity contribution < 1.29 is 0 Å². The van der Waals surface area contributed by atoms with Crippen LogP contribution >= 0.6 is 0 Å². The Kier molecular flexibility index (Phi) is 4.13. The molecule has 1 N–H and O–H groups in total. The highest BCUT2D eigenvalue weighted by Crippen LogP contribution is 2.44. The van der Waals surface area contributed by atoms with Crippen molar-refractivity contribution in [2.45, 2.75) is 37.1 Å². The zero-order valence-electron chi connectivity index (χ0n) is 11.6. The first-order valence-electron chi connectivity index (χ1n) is 7.34. The van der Waals surface area contributed by atoms with Crippen LogP contribution in [0.3, 0.4) is 0 Å². The lowest BCUT2D eigenvalue weighted by atomic mass is 9.64. The van der Waals surface area contributed by atoms with Crippen LogP contribution in [0.5, 0.6) is 0 Å². The second kappa shape index (κ2) is 6.02. The lowest BCUT2D eigenvalue weighted by Crippen LogP contribution is -2.38. The Labute approximate surface area is 127 Å². The van der Waals surface area contributed by atoms with Crippen molar-refractivity contribution >= 4 is 12.8 Å². The summed E-state index contributed by atoms with van der Waals surface area (Å²) in [6.07, 6.45) is 4.62.